The molecule has 2 aromatic heterocycles. The molecule has 1 aliphatic carbocycles. The fraction of sp³-hybridized carbons (Fsp3) is 0.250. The summed E-state index contributed by atoms with van der Waals surface area (Å²) in [7, 11) is 0. The van der Waals surface area contributed by atoms with Gasteiger partial charge in [-0.2, -0.15) is 0 Å². The Bertz CT molecular complexity index is 1240. The van der Waals surface area contributed by atoms with E-state index in [1.54, 1.807) is 12.4 Å². The smallest absolute Gasteiger partial charge is 0.262 e. The molecule has 7 nitrogen and oxygen atoms in total. The Morgan fingerprint density at radius 2 is 1.77 bits per heavy atom. The molecule has 7 heteroatoms. The van der Waals surface area contributed by atoms with Crippen molar-refractivity contribution in [3.8, 4) is 22.9 Å². The van der Waals surface area contributed by atoms with Crippen LogP contribution in [-0.2, 0) is 0 Å². The van der Waals surface area contributed by atoms with E-state index in [1.807, 2.05) is 18.2 Å². The van der Waals surface area contributed by atoms with Crippen molar-refractivity contribution in [2.75, 3.05) is 16.8 Å². The highest BCUT2D eigenvalue weighted by molar-refractivity contribution is 6.01. The first kappa shape index (κ1) is 19.2. The normalized spacial score (nSPS) is 13.6. The van der Waals surface area contributed by atoms with Gasteiger partial charge in [0.25, 0.3) is 5.88 Å². The summed E-state index contributed by atoms with van der Waals surface area (Å²) in [6, 6.07) is 15.2. The maximum absolute atomic E-state index is 6.66. The van der Waals surface area contributed by atoms with E-state index in [4.69, 9.17) is 16.2 Å². The Morgan fingerprint density at radius 3 is 2.45 bits per heavy atom. The highest BCUT2D eigenvalue weighted by atomic mass is 16.5. The van der Waals surface area contributed by atoms with Crippen molar-refractivity contribution in [2.45, 2.75) is 38.8 Å². The van der Waals surface area contributed by atoms with Crippen LogP contribution in [0.1, 0.15) is 32.7 Å². The van der Waals surface area contributed by atoms with Gasteiger partial charge in [-0.3, -0.25) is 0 Å². The second-order valence-electron chi connectivity index (χ2n) is 8.27. The van der Waals surface area contributed by atoms with Gasteiger partial charge in [-0.05, 0) is 51.0 Å². The SMILES string of the molecule is CC(C)Nc1ccc(-c2c(N)c3ccc(Oc4nccnc4N)cc3n2C2CC2)cc1. The van der Waals surface area contributed by atoms with E-state index in [-0.39, 0.29) is 5.82 Å². The van der Waals surface area contributed by atoms with Crippen molar-refractivity contribution >= 4 is 28.1 Å². The molecular weight excluding hydrogens is 388 g/mol. The molecule has 0 aliphatic heterocycles. The van der Waals surface area contributed by atoms with Crippen LogP contribution in [0.4, 0.5) is 17.2 Å². The van der Waals surface area contributed by atoms with Crippen LogP contribution in [-0.4, -0.2) is 20.6 Å². The Kier molecular flexibility index (Phi) is 4.66. The largest absolute Gasteiger partial charge is 0.436 e. The molecule has 158 valence electrons. The van der Waals surface area contributed by atoms with E-state index >= 15 is 0 Å². The molecule has 4 aromatic rings. The first-order valence-electron chi connectivity index (χ1n) is 10.6. The summed E-state index contributed by atoms with van der Waals surface area (Å²) in [5, 5.41) is 4.45. The third-order valence-electron chi connectivity index (χ3n) is 5.45. The lowest BCUT2D eigenvalue weighted by molar-refractivity contribution is 0.463. The van der Waals surface area contributed by atoms with Gasteiger partial charge >= 0.3 is 0 Å². The predicted molar refractivity (Wildman–Crippen MR) is 125 cm³/mol. The maximum Gasteiger partial charge on any atom is 0.262 e. The zero-order valence-corrected chi connectivity index (χ0v) is 17.7. The molecule has 0 saturated heterocycles. The van der Waals surface area contributed by atoms with Crippen molar-refractivity contribution in [3.63, 3.8) is 0 Å². The summed E-state index contributed by atoms with van der Waals surface area (Å²) in [5.74, 6) is 1.21. The molecule has 0 bridgehead atoms. The van der Waals surface area contributed by atoms with Gasteiger partial charge < -0.3 is 26.1 Å². The summed E-state index contributed by atoms with van der Waals surface area (Å²) in [6.07, 6.45) is 5.39. The van der Waals surface area contributed by atoms with E-state index in [9.17, 15) is 0 Å². The third-order valence-corrected chi connectivity index (χ3v) is 5.45. The average molecular weight is 415 g/mol. The molecule has 2 heterocycles. The van der Waals surface area contributed by atoms with Gasteiger partial charge in [-0.15, -0.1) is 0 Å². The topological polar surface area (TPSA) is 104 Å². The monoisotopic (exact) mass is 414 g/mol. The minimum Gasteiger partial charge on any atom is -0.436 e. The van der Waals surface area contributed by atoms with E-state index in [0.29, 0.717) is 23.7 Å². The first-order valence-corrected chi connectivity index (χ1v) is 10.6. The quantitative estimate of drug-likeness (QED) is 0.400. The number of fused-ring (bicyclic) bond motifs is 1. The number of hydrogen-bond acceptors (Lipinski definition) is 6. The van der Waals surface area contributed by atoms with Gasteiger partial charge in [0.05, 0.1) is 16.9 Å². The molecule has 5 rings (SSSR count). The molecule has 1 saturated carbocycles. The maximum atomic E-state index is 6.66. The average Bonchev–Trinajstić information content (AvgIpc) is 3.54. The number of nitrogen functional groups attached to an aromatic ring is 2. The van der Waals surface area contributed by atoms with E-state index < -0.39 is 0 Å². The standard InChI is InChI=1S/C24H26N6O/c1-14(2)29-16-5-3-15(4-6-16)22-21(25)19-10-9-18(13-20(19)30(22)17-7-8-17)31-24-23(26)27-11-12-28-24/h3-6,9-14,17,29H,7-8,25H2,1-2H3,(H2,26,27). The lowest BCUT2D eigenvalue weighted by Gasteiger charge is -2.13. The number of rotatable bonds is 6. The van der Waals surface area contributed by atoms with Crippen LogP contribution in [0.2, 0.25) is 0 Å². The predicted octanol–water partition coefficient (Wildman–Crippen LogP) is 5.21. The Balaban J connectivity index is 1.58. The number of nitrogens with zero attached hydrogens (tertiary/aromatic N) is 3. The summed E-state index contributed by atoms with van der Waals surface area (Å²) >= 11 is 0. The number of nitrogens with two attached hydrogens (primary N) is 2. The van der Waals surface area contributed by atoms with Crippen LogP contribution in [0.3, 0.4) is 0 Å². The van der Waals surface area contributed by atoms with Gasteiger partial charge in [0.2, 0.25) is 0 Å². The van der Waals surface area contributed by atoms with Crippen LogP contribution in [0.5, 0.6) is 11.6 Å². The van der Waals surface area contributed by atoms with Crippen molar-refractivity contribution < 1.29 is 4.74 Å². The van der Waals surface area contributed by atoms with Gasteiger partial charge in [0.15, 0.2) is 5.82 Å². The molecule has 0 radical (unpaired) electrons. The summed E-state index contributed by atoms with van der Waals surface area (Å²) in [6.45, 7) is 4.26. The van der Waals surface area contributed by atoms with Gasteiger partial charge in [0, 0.05) is 47.2 Å². The Hall–Kier alpha value is -3.74. The summed E-state index contributed by atoms with van der Waals surface area (Å²) < 4.78 is 8.27. The molecule has 31 heavy (non-hydrogen) atoms. The summed E-state index contributed by atoms with van der Waals surface area (Å²) in [4.78, 5) is 8.21. The first-order chi connectivity index (χ1) is 15.0. The number of ether oxygens (including phenoxy) is 1. The summed E-state index contributed by atoms with van der Waals surface area (Å²) in [5.41, 5.74) is 17.7. The zero-order valence-electron chi connectivity index (χ0n) is 17.7. The molecule has 0 unspecified atom stereocenters. The number of nitrogens with one attached hydrogen (secondary N) is 1. The lowest BCUT2D eigenvalue weighted by Crippen LogP contribution is -2.09. The highest BCUT2D eigenvalue weighted by Crippen LogP contribution is 2.47. The van der Waals surface area contributed by atoms with Crippen molar-refractivity contribution in [2.24, 2.45) is 0 Å². The molecule has 2 aromatic carbocycles. The molecule has 0 atom stereocenters. The van der Waals surface area contributed by atoms with E-state index in [2.05, 4.69) is 58.0 Å². The fourth-order valence-electron chi connectivity index (χ4n) is 3.97. The second-order valence-corrected chi connectivity index (χ2v) is 8.27. The lowest BCUT2D eigenvalue weighted by atomic mass is 10.1. The number of hydrogen-bond donors (Lipinski definition) is 3. The fourth-order valence-corrected chi connectivity index (χ4v) is 3.97. The molecule has 0 amide bonds. The van der Waals surface area contributed by atoms with E-state index in [0.717, 1.165) is 46.4 Å². The van der Waals surface area contributed by atoms with Crippen LogP contribution in [0, 0.1) is 0 Å². The molecule has 1 aliphatic rings. The van der Waals surface area contributed by atoms with Crippen LogP contribution in [0.15, 0.2) is 54.9 Å². The second kappa shape index (κ2) is 7.50. The van der Waals surface area contributed by atoms with Crippen LogP contribution in [0.25, 0.3) is 22.2 Å². The minimum atomic E-state index is 0.260. The van der Waals surface area contributed by atoms with Gasteiger partial charge in [0.1, 0.15) is 5.75 Å². The Labute approximate surface area is 181 Å². The molecule has 0 spiro atoms. The molecular formula is C24H26N6O. The highest BCUT2D eigenvalue weighted by Gasteiger charge is 2.30. The van der Waals surface area contributed by atoms with Crippen molar-refractivity contribution in [1.29, 1.82) is 0 Å². The Morgan fingerprint density at radius 1 is 1.03 bits per heavy atom. The minimum absolute atomic E-state index is 0.260. The zero-order chi connectivity index (χ0) is 21.5. The number of benzene rings is 2. The van der Waals surface area contributed by atoms with Gasteiger partial charge in [-0.1, -0.05) is 12.1 Å². The van der Waals surface area contributed by atoms with Crippen molar-refractivity contribution in [3.05, 3.63) is 54.9 Å². The van der Waals surface area contributed by atoms with E-state index in [1.165, 1.54) is 0 Å². The number of aromatic nitrogens is 3. The van der Waals surface area contributed by atoms with Gasteiger partial charge in [-0.25, -0.2) is 9.97 Å². The van der Waals surface area contributed by atoms with Crippen LogP contribution < -0.4 is 21.5 Å². The van der Waals surface area contributed by atoms with Crippen molar-refractivity contribution in [1.82, 2.24) is 14.5 Å². The van der Waals surface area contributed by atoms with Crippen LogP contribution >= 0.6 is 0 Å². The molecule has 5 N–H and O–H groups in total. The third kappa shape index (κ3) is 3.63. The molecule has 1 fully saturated rings. The number of anilines is 3.